The van der Waals surface area contributed by atoms with Gasteiger partial charge in [-0.15, -0.1) is 15.3 Å². The van der Waals surface area contributed by atoms with Crippen LogP contribution in [0.25, 0.3) is 34.1 Å². The van der Waals surface area contributed by atoms with Crippen LogP contribution in [0.3, 0.4) is 0 Å². The van der Waals surface area contributed by atoms with E-state index in [9.17, 15) is 39.2 Å². The molecule has 4 rings (SSSR count). The lowest BCUT2D eigenvalue weighted by atomic mass is 10.2. The van der Waals surface area contributed by atoms with Crippen LogP contribution in [0.5, 0.6) is 0 Å². The predicted octanol–water partition coefficient (Wildman–Crippen LogP) is 2.92. The highest BCUT2D eigenvalue weighted by atomic mass is 32.2. The quantitative estimate of drug-likeness (QED) is 0.339. The Hall–Kier alpha value is -3.77. The Labute approximate surface area is 195 Å². The lowest BCUT2D eigenvalue weighted by molar-refractivity contribution is -0.291. The molecular weight excluding hydrogens is 527 g/mol. The van der Waals surface area contributed by atoms with Gasteiger partial charge in [0.15, 0.2) is 27.1 Å². The minimum atomic E-state index is -5.94. The van der Waals surface area contributed by atoms with E-state index in [0.29, 0.717) is 6.07 Å². The van der Waals surface area contributed by atoms with E-state index in [4.69, 9.17) is 0 Å². The lowest BCUT2D eigenvalue weighted by Crippen LogP contribution is -2.34. The Bertz CT molecular complexity index is 1560. The second kappa shape index (κ2) is 8.42. The molecule has 36 heavy (non-hydrogen) atoms. The van der Waals surface area contributed by atoms with Crippen LogP contribution in [0.4, 0.5) is 30.7 Å². The van der Waals surface area contributed by atoms with Crippen LogP contribution in [-0.2, 0) is 22.8 Å². The Balaban J connectivity index is 1.93. The largest absolute Gasteiger partial charge is 0.459 e. The summed E-state index contributed by atoms with van der Waals surface area (Å²) < 4.78 is 119. The predicted molar refractivity (Wildman–Crippen MR) is 105 cm³/mol. The molecule has 0 atom stereocenters. The van der Waals surface area contributed by atoms with Crippen LogP contribution in [-0.4, -0.2) is 65.3 Å². The molecule has 4 aromatic rings. The molecule has 0 aromatic carbocycles. The van der Waals surface area contributed by atoms with Gasteiger partial charge in [-0.25, -0.2) is 13.4 Å². The number of aromatic nitrogens is 9. The number of tetrazole rings is 1. The van der Waals surface area contributed by atoms with Gasteiger partial charge in [-0.1, -0.05) is 6.92 Å². The first-order valence-corrected chi connectivity index (χ1v) is 11.3. The number of rotatable bonds is 6. The summed E-state index contributed by atoms with van der Waals surface area (Å²) in [5.41, 5.74) is -2.95. The number of imidazole rings is 1. The van der Waals surface area contributed by atoms with E-state index in [-0.39, 0.29) is 27.4 Å². The van der Waals surface area contributed by atoms with Gasteiger partial charge in [0, 0.05) is 18.8 Å². The maximum absolute atomic E-state index is 13.7. The van der Waals surface area contributed by atoms with E-state index in [1.165, 1.54) is 14.0 Å². The number of sulfone groups is 1. The number of halogens is 7. The molecule has 19 heteroatoms. The maximum Gasteiger partial charge on any atom is 0.459 e. The third kappa shape index (κ3) is 4.01. The second-order valence-electron chi connectivity index (χ2n) is 7.20. The van der Waals surface area contributed by atoms with Crippen molar-refractivity contribution in [1.82, 2.24) is 44.9 Å². The van der Waals surface area contributed by atoms with Gasteiger partial charge < -0.3 is 4.57 Å². The van der Waals surface area contributed by atoms with Gasteiger partial charge in [0.05, 0.1) is 10.6 Å². The van der Waals surface area contributed by atoms with Crippen molar-refractivity contribution in [2.24, 2.45) is 7.05 Å². The summed E-state index contributed by atoms with van der Waals surface area (Å²) in [6.45, 7) is -1.86. The monoisotopic (exact) mass is 539 g/mol. The third-order valence-electron chi connectivity index (χ3n) is 5.01. The van der Waals surface area contributed by atoms with Crippen molar-refractivity contribution in [3.05, 3.63) is 24.0 Å². The fourth-order valence-electron chi connectivity index (χ4n) is 3.14. The van der Waals surface area contributed by atoms with Crippen molar-refractivity contribution in [3.8, 4) is 22.9 Å². The molecule has 0 fully saturated rings. The number of alkyl halides is 7. The summed E-state index contributed by atoms with van der Waals surface area (Å²) in [6.07, 6.45) is -4.97. The highest BCUT2D eigenvalue weighted by Gasteiger charge is 2.60. The van der Waals surface area contributed by atoms with Crippen molar-refractivity contribution < 1.29 is 39.2 Å². The van der Waals surface area contributed by atoms with Crippen molar-refractivity contribution in [2.75, 3.05) is 5.75 Å². The van der Waals surface area contributed by atoms with Crippen molar-refractivity contribution in [2.45, 2.75) is 30.5 Å². The van der Waals surface area contributed by atoms with E-state index < -0.39 is 56.2 Å². The second-order valence-corrected chi connectivity index (χ2v) is 9.45. The van der Waals surface area contributed by atoms with Crippen LogP contribution in [0.15, 0.2) is 23.2 Å². The van der Waals surface area contributed by atoms with Crippen LogP contribution in [0, 0.1) is 0 Å². The van der Waals surface area contributed by atoms with Crippen LogP contribution in [0.1, 0.15) is 19.2 Å². The van der Waals surface area contributed by atoms with E-state index in [2.05, 4.69) is 35.7 Å². The molecule has 0 saturated carbocycles. The van der Waals surface area contributed by atoms with Crippen molar-refractivity contribution in [1.29, 1.82) is 0 Å². The summed E-state index contributed by atoms with van der Waals surface area (Å²) in [4.78, 5) is 7.44. The fourth-order valence-corrected chi connectivity index (χ4v) is 4.20. The van der Waals surface area contributed by atoms with Gasteiger partial charge in [-0.2, -0.15) is 35.4 Å². The van der Waals surface area contributed by atoms with Gasteiger partial charge in [0.1, 0.15) is 16.9 Å². The topological polar surface area (TPSA) is 134 Å². The molecule has 0 amide bonds. The smallest absolute Gasteiger partial charge is 0.309 e. The minimum Gasteiger partial charge on any atom is -0.309 e. The molecule has 0 aliphatic carbocycles. The summed E-state index contributed by atoms with van der Waals surface area (Å²) in [7, 11) is -2.84. The van der Waals surface area contributed by atoms with Gasteiger partial charge in [0.25, 0.3) is 0 Å². The zero-order valence-electron chi connectivity index (χ0n) is 17.9. The third-order valence-corrected chi connectivity index (χ3v) is 6.75. The highest BCUT2D eigenvalue weighted by Crippen LogP contribution is 2.43. The van der Waals surface area contributed by atoms with E-state index in [1.807, 2.05) is 0 Å². The van der Waals surface area contributed by atoms with Crippen LogP contribution >= 0.6 is 0 Å². The molecule has 0 aliphatic rings. The number of hydrogen-bond acceptors (Lipinski definition) is 9. The van der Waals surface area contributed by atoms with E-state index in [1.54, 1.807) is 0 Å². The number of hydrogen-bond donors (Lipinski definition) is 0. The SMILES string of the molecule is CCS(=O)(=O)c1cc(-c2nnnn2C(F)F)cnc1-c1nc2cc(C(F)(F)C(F)(F)F)nnc2n1C. The highest BCUT2D eigenvalue weighted by molar-refractivity contribution is 7.91. The zero-order chi connectivity index (χ0) is 26.6. The molecule has 0 aliphatic heterocycles. The average molecular weight is 539 g/mol. The van der Waals surface area contributed by atoms with Crippen LogP contribution in [0.2, 0.25) is 0 Å². The number of fused-ring (bicyclic) bond motifs is 1. The molecular formula is C17H12F7N9O2S. The molecule has 0 unspecified atom stereocenters. The zero-order valence-corrected chi connectivity index (χ0v) is 18.7. The number of nitrogens with zero attached hydrogens (tertiary/aromatic N) is 9. The molecule has 0 spiro atoms. The van der Waals surface area contributed by atoms with Gasteiger partial charge in [-0.3, -0.25) is 4.98 Å². The molecule has 0 N–H and O–H groups in total. The lowest BCUT2D eigenvalue weighted by Gasteiger charge is -2.17. The number of aryl methyl sites for hydroxylation is 1. The minimum absolute atomic E-state index is 0.131. The summed E-state index contributed by atoms with van der Waals surface area (Å²) in [5.74, 6) is -6.56. The maximum atomic E-state index is 13.7. The Morgan fingerprint density at radius 2 is 1.72 bits per heavy atom. The molecule has 0 saturated heterocycles. The molecule has 192 valence electrons. The van der Waals surface area contributed by atoms with Gasteiger partial charge >= 0.3 is 18.6 Å². The molecule has 4 heterocycles. The number of pyridine rings is 1. The van der Waals surface area contributed by atoms with E-state index in [0.717, 1.165) is 16.8 Å². The average Bonchev–Trinajstić information content (AvgIpc) is 3.43. The van der Waals surface area contributed by atoms with Gasteiger partial charge in [-0.05, 0) is 22.6 Å². The first-order chi connectivity index (χ1) is 16.7. The first-order valence-electron chi connectivity index (χ1n) is 9.63. The molecule has 4 aromatic heterocycles. The Morgan fingerprint density at radius 3 is 2.33 bits per heavy atom. The molecule has 11 nitrogen and oxygen atoms in total. The fraction of sp³-hybridized carbons (Fsp3) is 0.353. The Kier molecular flexibility index (Phi) is 5.92. The first kappa shape index (κ1) is 25.3. The molecule has 0 bridgehead atoms. The summed E-state index contributed by atoms with van der Waals surface area (Å²) >= 11 is 0. The Morgan fingerprint density at radius 1 is 1.03 bits per heavy atom. The molecule has 0 radical (unpaired) electrons. The van der Waals surface area contributed by atoms with Crippen molar-refractivity contribution >= 4 is 21.0 Å². The van der Waals surface area contributed by atoms with Crippen LogP contribution < -0.4 is 0 Å². The standard InChI is InChI=1S/C17H12F7N9O2S/c1-3-36(34,35)9-4-7(12-29-30-31-33(12)15(18)19)6-25-11(9)14-26-8-5-10(16(20,21)17(22,23)24)27-28-13(8)32(14)2/h4-6,15H,3H2,1-2H3. The van der Waals surface area contributed by atoms with Crippen molar-refractivity contribution in [3.63, 3.8) is 0 Å². The normalized spacial score (nSPS) is 13.2. The van der Waals surface area contributed by atoms with Gasteiger partial charge in [0.2, 0.25) is 0 Å². The summed E-state index contributed by atoms with van der Waals surface area (Å²) in [5, 5.41) is 16.1. The van der Waals surface area contributed by atoms with E-state index >= 15 is 0 Å². The summed E-state index contributed by atoms with van der Waals surface area (Å²) in [6, 6.07) is 1.35.